The third kappa shape index (κ3) is 5.95. The van der Waals surface area contributed by atoms with Crippen LogP contribution in [0.3, 0.4) is 0 Å². The van der Waals surface area contributed by atoms with E-state index >= 15 is 0 Å². The van der Waals surface area contributed by atoms with Crippen molar-refractivity contribution in [1.82, 2.24) is 10.9 Å². The van der Waals surface area contributed by atoms with Crippen molar-refractivity contribution in [2.45, 2.75) is 47.1 Å². The molecule has 1 atom stereocenters. The molecule has 0 aromatic carbocycles. The molecule has 0 rings (SSSR count). The molecule has 0 saturated heterocycles. The minimum atomic E-state index is 0.0253. The normalized spacial score (nSPS) is 14.9. The highest BCUT2D eigenvalue weighted by Gasteiger charge is 2.24. The van der Waals surface area contributed by atoms with Gasteiger partial charge in [-0.3, -0.25) is 10.9 Å². The highest BCUT2D eigenvalue weighted by Crippen LogP contribution is 2.24. The molecule has 0 aromatic rings. The molecule has 1 unspecified atom stereocenters. The summed E-state index contributed by atoms with van der Waals surface area (Å²) in [7, 11) is 0. The van der Waals surface area contributed by atoms with Gasteiger partial charge in [0.25, 0.3) is 0 Å². The fraction of sp³-hybridized carbons (Fsp3) is 0.909. The van der Waals surface area contributed by atoms with Crippen molar-refractivity contribution < 1.29 is 0 Å². The van der Waals surface area contributed by atoms with Crippen LogP contribution in [-0.4, -0.2) is 12.1 Å². The first-order chi connectivity index (χ1) is 6.17. The lowest BCUT2D eigenvalue weighted by Gasteiger charge is -2.27. The maximum absolute atomic E-state index is 8.97. The Labute approximate surface area is 87.9 Å². The molecule has 0 heterocycles. The molecule has 82 valence electrons. The van der Waals surface area contributed by atoms with Crippen molar-refractivity contribution in [1.29, 1.82) is 5.26 Å². The molecule has 14 heavy (non-hydrogen) atoms. The van der Waals surface area contributed by atoms with Crippen LogP contribution in [0.1, 0.15) is 41.5 Å². The van der Waals surface area contributed by atoms with E-state index in [9.17, 15) is 0 Å². The Hall–Kier alpha value is -0.590. The summed E-state index contributed by atoms with van der Waals surface area (Å²) in [4.78, 5) is 0. The van der Waals surface area contributed by atoms with Crippen LogP contribution in [0.25, 0.3) is 0 Å². The van der Waals surface area contributed by atoms with Crippen LogP contribution in [0.4, 0.5) is 0 Å². The molecule has 3 nitrogen and oxygen atoms in total. The zero-order valence-corrected chi connectivity index (χ0v) is 10.2. The highest BCUT2D eigenvalue weighted by atomic mass is 15.4. The topological polar surface area (TPSA) is 47.8 Å². The molecule has 0 amide bonds. The fourth-order valence-electron chi connectivity index (χ4n) is 0.964. The van der Waals surface area contributed by atoms with Gasteiger partial charge in [-0.05, 0) is 26.2 Å². The van der Waals surface area contributed by atoms with E-state index in [4.69, 9.17) is 5.26 Å². The van der Waals surface area contributed by atoms with Gasteiger partial charge in [-0.1, -0.05) is 20.8 Å². The third-order valence-electron chi connectivity index (χ3n) is 1.97. The van der Waals surface area contributed by atoms with Crippen LogP contribution in [0.5, 0.6) is 0 Å². The summed E-state index contributed by atoms with van der Waals surface area (Å²) >= 11 is 0. The van der Waals surface area contributed by atoms with Crippen LogP contribution in [0, 0.1) is 22.7 Å². The zero-order chi connectivity index (χ0) is 11.4. The molecule has 0 radical (unpaired) electrons. The number of nitriles is 1. The third-order valence-corrected chi connectivity index (χ3v) is 1.97. The summed E-state index contributed by atoms with van der Waals surface area (Å²) in [6.45, 7) is 13.2. The summed E-state index contributed by atoms with van der Waals surface area (Å²) in [6, 6.07) is 2.33. The van der Waals surface area contributed by atoms with Gasteiger partial charge in [0, 0.05) is 12.1 Å². The van der Waals surface area contributed by atoms with Crippen molar-refractivity contribution in [3.63, 3.8) is 0 Å². The van der Waals surface area contributed by atoms with E-state index in [0.717, 1.165) is 0 Å². The molecule has 0 aliphatic heterocycles. The molecule has 0 aromatic heterocycles. The van der Waals surface area contributed by atoms with Gasteiger partial charge < -0.3 is 0 Å². The monoisotopic (exact) mass is 197 g/mol. The number of rotatable bonds is 3. The minimum absolute atomic E-state index is 0.0253. The second-order valence-corrected chi connectivity index (χ2v) is 5.80. The van der Waals surface area contributed by atoms with E-state index in [0.29, 0.717) is 6.54 Å². The summed E-state index contributed by atoms with van der Waals surface area (Å²) in [5.74, 6) is 0.0253. The van der Waals surface area contributed by atoms with Crippen LogP contribution >= 0.6 is 0 Å². The van der Waals surface area contributed by atoms with E-state index in [2.05, 4.69) is 58.5 Å². The average molecular weight is 197 g/mol. The molecule has 2 N–H and O–H groups in total. The second-order valence-electron chi connectivity index (χ2n) is 5.80. The zero-order valence-electron chi connectivity index (χ0n) is 10.2. The number of nitrogens with one attached hydrogen (secondary N) is 2. The van der Waals surface area contributed by atoms with Gasteiger partial charge in [-0.2, -0.15) is 5.26 Å². The van der Waals surface area contributed by atoms with Gasteiger partial charge in [-0.25, -0.2) is 0 Å². The van der Waals surface area contributed by atoms with Crippen LogP contribution in [-0.2, 0) is 0 Å². The Balaban J connectivity index is 3.95. The molecule has 0 bridgehead atoms. The first kappa shape index (κ1) is 13.4. The van der Waals surface area contributed by atoms with Gasteiger partial charge in [-0.15, -0.1) is 0 Å². The lowest BCUT2D eigenvalue weighted by Crippen LogP contribution is -2.48. The van der Waals surface area contributed by atoms with E-state index in [1.54, 1.807) is 0 Å². The van der Waals surface area contributed by atoms with Crippen molar-refractivity contribution in [3.8, 4) is 6.07 Å². The lowest BCUT2D eigenvalue weighted by atomic mass is 9.82. The predicted molar refractivity (Wildman–Crippen MR) is 59.4 cm³/mol. The second kappa shape index (κ2) is 4.77. The summed E-state index contributed by atoms with van der Waals surface area (Å²) < 4.78 is 0. The van der Waals surface area contributed by atoms with E-state index in [1.165, 1.54) is 0 Å². The summed E-state index contributed by atoms with van der Waals surface area (Å²) in [5, 5.41) is 8.97. The SMILES string of the molecule is CC(C)(C)NNCC(C#N)C(C)(C)C. The van der Waals surface area contributed by atoms with Crippen molar-refractivity contribution in [2.24, 2.45) is 11.3 Å². The van der Waals surface area contributed by atoms with Crippen molar-refractivity contribution in [2.75, 3.05) is 6.54 Å². The maximum Gasteiger partial charge on any atom is 0.0675 e. The van der Waals surface area contributed by atoms with E-state index in [-0.39, 0.29) is 16.9 Å². The molecule has 0 spiro atoms. The first-order valence-corrected chi connectivity index (χ1v) is 5.06. The Morgan fingerprint density at radius 3 is 1.93 bits per heavy atom. The summed E-state index contributed by atoms with van der Waals surface area (Å²) in [6.07, 6.45) is 0. The quantitative estimate of drug-likeness (QED) is 0.681. The average Bonchev–Trinajstić information content (AvgIpc) is 1.93. The number of nitrogens with zero attached hydrogens (tertiary/aromatic N) is 1. The van der Waals surface area contributed by atoms with E-state index < -0.39 is 0 Å². The van der Waals surface area contributed by atoms with Crippen molar-refractivity contribution in [3.05, 3.63) is 0 Å². The Bertz CT molecular complexity index is 202. The van der Waals surface area contributed by atoms with Gasteiger partial charge in [0.1, 0.15) is 0 Å². The van der Waals surface area contributed by atoms with Crippen molar-refractivity contribution >= 4 is 0 Å². The molecule has 0 aliphatic carbocycles. The Kier molecular flexibility index (Phi) is 4.57. The van der Waals surface area contributed by atoms with Crippen LogP contribution in [0.15, 0.2) is 0 Å². The molecule has 0 aliphatic rings. The van der Waals surface area contributed by atoms with Crippen LogP contribution in [0.2, 0.25) is 0 Å². The summed E-state index contributed by atoms with van der Waals surface area (Å²) in [5.41, 5.74) is 6.34. The molecule has 3 heteroatoms. The van der Waals surface area contributed by atoms with E-state index in [1.807, 2.05) is 0 Å². The first-order valence-electron chi connectivity index (χ1n) is 5.06. The molecular formula is C11H23N3. The lowest BCUT2D eigenvalue weighted by molar-refractivity contribution is 0.258. The van der Waals surface area contributed by atoms with Gasteiger partial charge in [0.15, 0.2) is 0 Å². The van der Waals surface area contributed by atoms with Crippen LogP contribution < -0.4 is 10.9 Å². The molecule has 0 saturated carbocycles. The molecule has 0 fully saturated rings. The Morgan fingerprint density at radius 2 is 1.64 bits per heavy atom. The van der Waals surface area contributed by atoms with Gasteiger partial charge >= 0.3 is 0 Å². The number of hydrogen-bond acceptors (Lipinski definition) is 3. The minimum Gasteiger partial charge on any atom is -0.256 e. The largest absolute Gasteiger partial charge is 0.256 e. The standard InChI is InChI=1S/C11H23N3/c1-10(2,3)9(7-12)8-13-14-11(4,5)6/h9,13-14H,8H2,1-6H3. The highest BCUT2D eigenvalue weighted by molar-refractivity contribution is 4.92. The smallest absolute Gasteiger partial charge is 0.0675 e. The Morgan fingerprint density at radius 1 is 1.14 bits per heavy atom. The predicted octanol–water partition coefficient (Wildman–Crippen LogP) is 2.06. The fourth-order valence-corrected chi connectivity index (χ4v) is 0.964. The van der Waals surface area contributed by atoms with Gasteiger partial charge in [0.05, 0.1) is 12.0 Å². The number of hydrazine groups is 1. The molecular weight excluding hydrogens is 174 g/mol. The number of hydrogen-bond donors (Lipinski definition) is 2. The van der Waals surface area contributed by atoms with Gasteiger partial charge in [0.2, 0.25) is 0 Å². The maximum atomic E-state index is 8.97.